The third-order valence-electron chi connectivity index (χ3n) is 5.57. The number of para-hydroxylation sites is 1. The Morgan fingerprint density at radius 1 is 0.971 bits per heavy atom. The molecule has 0 fully saturated rings. The van der Waals surface area contributed by atoms with Crippen molar-refractivity contribution >= 4 is 27.5 Å². The summed E-state index contributed by atoms with van der Waals surface area (Å²) in [5.41, 5.74) is 2.07. The first-order valence-electron chi connectivity index (χ1n) is 11.0. The minimum absolute atomic E-state index is 0.119. The van der Waals surface area contributed by atoms with Gasteiger partial charge < -0.3 is 10.2 Å². The summed E-state index contributed by atoms with van der Waals surface area (Å²) < 4.78 is 41.5. The molecular weight excluding hydrogens is 469 g/mol. The van der Waals surface area contributed by atoms with Crippen molar-refractivity contribution in [3.8, 4) is 0 Å². The fourth-order valence-corrected chi connectivity index (χ4v) is 5.07. The lowest BCUT2D eigenvalue weighted by atomic mass is 10.1. The van der Waals surface area contributed by atoms with Gasteiger partial charge in [0.25, 0.3) is 10.0 Å². The second-order valence-electron chi connectivity index (χ2n) is 8.10. The molecule has 1 atom stereocenters. The quantitative estimate of drug-likeness (QED) is 0.490. The van der Waals surface area contributed by atoms with Gasteiger partial charge in [-0.05, 0) is 55.8 Å². The lowest BCUT2D eigenvalue weighted by molar-refractivity contribution is -0.139. The van der Waals surface area contributed by atoms with Crippen LogP contribution in [0, 0.1) is 12.7 Å². The van der Waals surface area contributed by atoms with Crippen LogP contribution in [-0.4, -0.2) is 44.8 Å². The Morgan fingerprint density at radius 2 is 1.63 bits per heavy atom. The number of hydrogen-bond acceptors (Lipinski definition) is 4. The number of carbonyl (C=O) groups is 2. The number of benzene rings is 3. The average molecular weight is 498 g/mol. The fourth-order valence-electron chi connectivity index (χ4n) is 3.66. The molecule has 0 unspecified atom stereocenters. The van der Waals surface area contributed by atoms with Crippen LogP contribution in [0.1, 0.15) is 18.1 Å². The summed E-state index contributed by atoms with van der Waals surface area (Å²) in [6.07, 6.45) is 0. The van der Waals surface area contributed by atoms with Gasteiger partial charge in [0.1, 0.15) is 18.4 Å². The third kappa shape index (κ3) is 6.24. The molecule has 184 valence electrons. The van der Waals surface area contributed by atoms with Gasteiger partial charge in [-0.3, -0.25) is 13.9 Å². The SMILES string of the molecule is CNC(=O)[C@@H](C)N(Cc1cccc(C)c1)C(=O)CN(c1ccccc1)S(=O)(=O)c1ccc(F)cc1. The largest absolute Gasteiger partial charge is 0.357 e. The number of nitrogens with one attached hydrogen (secondary N) is 1. The zero-order valence-corrected chi connectivity index (χ0v) is 20.6. The summed E-state index contributed by atoms with van der Waals surface area (Å²) in [6.45, 7) is 3.09. The molecule has 0 aliphatic rings. The van der Waals surface area contributed by atoms with Crippen molar-refractivity contribution in [2.45, 2.75) is 31.3 Å². The monoisotopic (exact) mass is 497 g/mol. The van der Waals surface area contributed by atoms with Crippen molar-refractivity contribution in [2.24, 2.45) is 0 Å². The van der Waals surface area contributed by atoms with E-state index in [2.05, 4.69) is 5.32 Å². The number of carbonyl (C=O) groups excluding carboxylic acids is 2. The molecule has 0 aliphatic carbocycles. The Bertz CT molecular complexity index is 1280. The first kappa shape index (κ1) is 25.9. The highest BCUT2D eigenvalue weighted by Gasteiger charge is 2.32. The minimum atomic E-state index is -4.21. The molecule has 1 N–H and O–H groups in total. The number of rotatable bonds is 9. The summed E-state index contributed by atoms with van der Waals surface area (Å²) in [6, 6.07) is 19.3. The third-order valence-corrected chi connectivity index (χ3v) is 7.36. The van der Waals surface area contributed by atoms with Gasteiger partial charge >= 0.3 is 0 Å². The van der Waals surface area contributed by atoms with Crippen LogP contribution in [0.5, 0.6) is 0 Å². The van der Waals surface area contributed by atoms with Crippen LogP contribution in [-0.2, 0) is 26.2 Å². The van der Waals surface area contributed by atoms with Crippen molar-refractivity contribution in [3.63, 3.8) is 0 Å². The molecule has 2 amide bonds. The van der Waals surface area contributed by atoms with E-state index in [1.165, 1.54) is 11.9 Å². The molecule has 7 nitrogen and oxygen atoms in total. The van der Waals surface area contributed by atoms with Gasteiger partial charge in [0.2, 0.25) is 11.8 Å². The number of amides is 2. The van der Waals surface area contributed by atoms with Crippen LogP contribution in [0.25, 0.3) is 0 Å². The van der Waals surface area contributed by atoms with Gasteiger partial charge in [0.05, 0.1) is 10.6 Å². The maximum absolute atomic E-state index is 13.6. The number of sulfonamides is 1. The first-order chi connectivity index (χ1) is 16.6. The van der Waals surface area contributed by atoms with Crippen molar-refractivity contribution in [1.82, 2.24) is 10.2 Å². The molecule has 0 saturated heterocycles. The number of aryl methyl sites for hydroxylation is 1. The molecule has 3 aromatic carbocycles. The Balaban J connectivity index is 2.00. The maximum atomic E-state index is 13.6. The first-order valence-corrected chi connectivity index (χ1v) is 12.5. The molecule has 0 saturated carbocycles. The predicted molar refractivity (Wildman–Crippen MR) is 133 cm³/mol. The van der Waals surface area contributed by atoms with E-state index < -0.39 is 34.3 Å². The van der Waals surface area contributed by atoms with E-state index in [0.717, 1.165) is 39.7 Å². The highest BCUT2D eigenvalue weighted by atomic mass is 32.2. The zero-order chi connectivity index (χ0) is 25.6. The fraction of sp³-hybridized carbons (Fsp3) is 0.231. The van der Waals surface area contributed by atoms with Gasteiger partial charge in [-0.15, -0.1) is 0 Å². The highest BCUT2D eigenvalue weighted by Crippen LogP contribution is 2.24. The zero-order valence-electron chi connectivity index (χ0n) is 19.8. The van der Waals surface area contributed by atoms with E-state index in [0.29, 0.717) is 0 Å². The second-order valence-corrected chi connectivity index (χ2v) is 9.96. The van der Waals surface area contributed by atoms with Crippen molar-refractivity contribution in [2.75, 3.05) is 17.9 Å². The molecule has 0 aromatic heterocycles. The molecule has 0 aliphatic heterocycles. The molecule has 0 spiro atoms. The number of likely N-dealkylation sites (N-methyl/N-ethyl adjacent to an activating group) is 1. The molecule has 3 aromatic rings. The summed E-state index contributed by atoms with van der Waals surface area (Å²) in [7, 11) is -2.74. The van der Waals surface area contributed by atoms with Crippen LogP contribution >= 0.6 is 0 Å². The van der Waals surface area contributed by atoms with E-state index in [9.17, 15) is 22.4 Å². The van der Waals surface area contributed by atoms with Gasteiger partial charge in [0.15, 0.2) is 0 Å². The number of nitrogens with zero attached hydrogens (tertiary/aromatic N) is 2. The van der Waals surface area contributed by atoms with Gasteiger partial charge in [-0.1, -0.05) is 48.0 Å². The summed E-state index contributed by atoms with van der Waals surface area (Å²) in [5.74, 6) is -1.51. The minimum Gasteiger partial charge on any atom is -0.357 e. The lowest BCUT2D eigenvalue weighted by Crippen LogP contribution is -2.50. The smallest absolute Gasteiger partial charge is 0.264 e. The van der Waals surface area contributed by atoms with E-state index in [1.807, 2.05) is 31.2 Å². The van der Waals surface area contributed by atoms with Gasteiger partial charge in [-0.25, -0.2) is 12.8 Å². The molecule has 0 radical (unpaired) electrons. The normalized spacial score (nSPS) is 12.0. The number of anilines is 1. The van der Waals surface area contributed by atoms with Crippen molar-refractivity contribution < 1.29 is 22.4 Å². The second kappa shape index (κ2) is 11.1. The molecule has 35 heavy (non-hydrogen) atoms. The van der Waals surface area contributed by atoms with Crippen LogP contribution in [0.4, 0.5) is 10.1 Å². The Morgan fingerprint density at radius 3 is 2.23 bits per heavy atom. The van der Waals surface area contributed by atoms with Crippen molar-refractivity contribution in [1.29, 1.82) is 0 Å². The van der Waals surface area contributed by atoms with Crippen LogP contribution < -0.4 is 9.62 Å². The van der Waals surface area contributed by atoms with E-state index in [1.54, 1.807) is 37.3 Å². The number of halogens is 1. The molecule has 9 heteroatoms. The van der Waals surface area contributed by atoms with Crippen LogP contribution in [0.15, 0.2) is 83.8 Å². The van der Waals surface area contributed by atoms with E-state index in [-0.39, 0.29) is 23.0 Å². The summed E-state index contributed by atoms with van der Waals surface area (Å²) >= 11 is 0. The predicted octanol–water partition coefficient (Wildman–Crippen LogP) is 3.49. The lowest BCUT2D eigenvalue weighted by Gasteiger charge is -2.31. The number of hydrogen-bond donors (Lipinski definition) is 1. The topological polar surface area (TPSA) is 86.8 Å². The summed E-state index contributed by atoms with van der Waals surface area (Å²) in [4.78, 5) is 27.2. The standard InChI is InChI=1S/C26H28FN3O4S/c1-19-8-7-9-21(16-19)17-29(20(2)26(32)28-3)25(31)18-30(23-10-5-4-6-11-23)35(33,34)24-14-12-22(27)13-15-24/h4-16,20H,17-18H2,1-3H3,(H,28,32)/t20-/m1/s1. The molecule has 0 bridgehead atoms. The van der Waals surface area contributed by atoms with Crippen LogP contribution in [0.3, 0.4) is 0 Å². The molecule has 0 heterocycles. The average Bonchev–Trinajstić information content (AvgIpc) is 2.85. The van der Waals surface area contributed by atoms with E-state index in [4.69, 9.17) is 0 Å². The van der Waals surface area contributed by atoms with Crippen LogP contribution in [0.2, 0.25) is 0 Å². The Hall–Kier alpha value is -3.72. The summed E-state index contributed by atoms with van der Waals surface area (Å²) in [5, 5.41) is 2.54. The molecular formula is C26H28FN3O4S. The molecule has 3 rings (SSSR count). The Kier molecular flexibility index (Phi) is 8.24. The Labute approximate surface area is 205 Å². The van der Waals surface area contributed by atoms with Gasteiger partial charge in [0, 0.05) is 13.6 Å². The van der Waals surface area contributed by atoms with Crippen molar-refractivity contribution in [3.05, 3.63) is 95.8 Å². The van der Waals surface area contributed by atoms with E-state index >= 15 is 0 Å². The highest BCUT2D eigenvalue weighted by molar-refractivity contribution is 7.92. The van der Waals surface area contributed by atoms with Gasteiger partial charge in [-0.2, -0.15) is 0 Å². The maximum Gasteiger partial charge on any atom is 0.264 e.